The van der Waals surface area contributed by atoms with E-state index < -0.39 is 6.04 Å². The lowest BCUT2D eigenvalue weighted by Crippen LogP contribution is -2.46. The normalized spacial score (nSPS) is 16.1. The van der Waals surface area contributed by atoms with Gasteiger partial charge >= 0.3 is 0 Å². The maximum Gasteiger partial charge on any atom is 0.251 e. The van der Waals surface area contributed by atoms with Gasteiger partial charge in [-0.1, -0.05) is 26.8 Å². The Morgan fingerprint density at radius 2 is 1.84 bits per heavy atom. The van der Waals surface area contributed by atoms with E-state index in [1.165, 1.54) is 0 Å². The van der Waals surface area contributed by atoms with Gasteiger partial charge in [0, 0.05) is 24.3 Å². The minimum absolute atomic E-state index is 0.0458. The van der Waals surface area contributed by atoms with Crippen LogP contribution in [0.25, 0.3) is 0 Å². The molecule has 0 fully saturated rings. The molecule has 4 N–H and O–H groups in total. The highest BCUT2D eigenvalue weighted by molar-refractivity contribution is 5.99. The van der Waals surface area contributed by atoms with Crippen LogP contribution in [-0.4, -0.2) is 28.4 Å². The van der Waals surface area contributed by atoms with Crippen molar-refractivity contribution < 1.29 is 14.7 Å². The lowest BCUT2D eigenvalue weighted by Gasteiger charge is -2.38. The second kappa shape index (κ2) is 8.25. The van der Waals surface area contributed by atoms with Crippen LogP contribution in [0, 0.1) is 26.2 Å². The summed E-state index contributed by atoms with van der Waals surface area (Å²) in [6, 6.07) is 6.58. The molecule has 0 aromatic heterocycles. The Labute approximate surface area is 184 Å². The van der Waals surface area contributed by atoms with Crippen LogP contribution in [0.2, 0.25) is 0 Å². The molecule has 2 aromatic rings. The lowest BCUT2D eigenvalue weighted by atomic mass is 9.88. The summed E-state index contributed by atoms with van der Waals surface area (Å²) in [4.78, 5) is 28.4. The summed E-state index contributed by atoms with van der Waals surface area (Å²) in [5.74, 6) is -0.0924. The molecule has 6 heteroatoms. The van der Waals surface area contributed by atoms with Gasteiger partial charge in [-0.3, -0.25) is 9.59 Å². The van der Waals surface area contributed by atoms with Crippen LogP contribution in [0.1, 0.15) is 61.1 Å². The van der Waals surface area contributed by atoms with Crippen LogP contribution in [-0.2, 0) is 16.0 Å². The van der Waals surface area contributed by atoms with Crippen molar-refractivity contribution in [2.24, 2.45) is 5.41 Å². The minimum atomic E-state index is -0.754. The number of benzene rings is 2. The van der Waals surface area contributed by atoms with E-state index in [2.05, 4.69) is 5.32 Å². The van der Waals surface area contributed by atoms with Gasteiger partial charge in [0.2, 0.25) is 5.91 Å². The van der Waals surface area contributed by atoms with Crippen LogP contribution in [0.5, 0.6) is 5.75 Å². The molecule has 0 bridgehead atoms. The maximum atomic E-state index is 13.6. The number of amides is 2. The summed E-state index contributed by atoms with van der Waals surface area (Å²) in [7, 11) is 0. The van der Waals surface area contributed by atoms with Gasteiger partial charge in [0.25, 0.3) is 5.91 Å². The van der Waals surface area contributed by atoms with Gasteiger partial charge in [0.1, 0.15) is 11.8 Å². The highest BCUT2D eigenvalue weighted by Gasteiger charge is 2.37. The molecule has 0 spiro atoms. The predicted molar refractivity (Wildman–Crippen MR) is 124 cm³/mol. The van der Waals surface area contributed by atoms with E-state index in [1.54, 1.807) is 24.0 Å². The summed E-state index contributed by atoms with van der Waals surface area (Å²) in [6.07, 6.45) is 1.04. The van der Waals surface area contributed by atoms with Gasteiger partial charge in [-0.2, -0.15) is 0 Å². The third-order valence-electron chi connectivity index (χ3n) is 5.96. The fraction of sp³-hybridized carbons (Fsp3) is 0.440. The lowest BCUT2D eigenvalue weighted by molar-refractivity contribution is -0.141. The van der Waals surface area contributed by atoms with Crippen LogP contribution in [0.4, 0.5) is 11.4 Å². The molecule has 6 nitrogen and oxygen atoms in total. The van der Waals surface area contributed by atoms with Gasteiger partial charge in [-0.25, -0.2) is 0 Å². The standard InChI is InChI=1S/C25H33N3O3/c1-14-11-20(15(2)16(3)23(14)30)27-24(31)22-19-12-18(26)8-7-17(19)9-10-28(22)21(29)13-25(4,5)6/h7-8,11-12,22,30H,9-10,13,26H2,1-6H3,(H,27,31). The highest BCUT2D eigenvalue weighted by atomic mass is 16.3. The zero-order valence-corrected chi connectivity index (χ0v) is 19.3. The Hall–Kier alpha value is -3.02. The van der Waals surface area contributed by atoms with Crippen molar-refractivity contribution in [2.75, 3.05) is 17.6 Å². The second-order valence-corrected chi connectivity index (χ2v) is 9.76. The maximum absolute atomic E-state index is 13.6. The first-order chi connectivity index (χ1) is 14.4. The first-order valence-electron chi connectivity index (χ1n) is 10.7. The van der Waals surface area contributed by atoms with E-state index in [-0.39, 0.29) is 23.0 Å². The molecule has 166 valence electrons. The summed E-state index contributed by atoms with van der Waals surface area (Å²) >= 11 is 0. The molecule has 1 atom stereocenters. The van der Waals surface area contributed by atoms with E-state index >= 15 is 0 Å². The topological polar surface area (TPSA) is 95.7 Å². The number of hydrogen-bond donors (Lipinski definition) is 3. The van der Waals surface area contributed by atoms with Crippen molar-refractivity contribution in [2.45, 2.75) is 60.4 Å². The summed E-state index contributed by atoms with van der Waals surface area (Å²) in [5.41, 5.74) is 11.1. The number of nitrogen functional groups attached to an aromatic ring is 1. The number of anilines is 2. The number of phenolic OH excluding ortho intramolecular Hbond substituents is 1. The highest BCUT2D eigenvalue weighted by Crippen LogP contribution is 2.36. The number of rotatable bonds is 3. The van der Waals surface area contributed by atoms with E-state index in [4.69, 9.17) is 5.73 Å². The number of aromatic hydroxyl groups is 1. The zero-order chi connectivity index (χ0) is 23.1. The van der Waals surface area contributed by atoms with Crippen molar-refractivity contribution in [3.05, 3.63) is 52.1 Å². The predicted octanol–water partition coefficient (Wildman–Crippen LogP) is 4.40. The van der Waals surface area contributed by atoms with Crippen LogP contribution >= 0.6 is 0 Å². The molecule has 2 aromatic carbocycles. The number of carbonyl (C=O) groups is 2. The number of nitrogens with one attached hydrogen (secondary N) is 1. The Morgan fingerprint density at radius 1 is 1.16 bits per heavy atom. The largest absolute Gasteiger partial charge is 0.507 e. The Morgan fingerprint density at radius 3 is 2.48 bits per heavy atom. The molecule has 3 rings (SSSR count). The van der Waals surface area contributed by atoms with Crippen molar-refractivity contribution in [1.29, 1.82) is 0 Å². The molecule has 0 saturated carbocycles. The third-order valence-corrected chi connectivity index (χ3v) is 5.96. The van der Waals surface area contributed by atoms with Crippen molar-refractivity contribution >= 4 is 23.2 Å². The molecule has 31 heavy (non-hydrogen) atoms. The SMILES string of the molecule is Cc1cc(NC(=O)C2c3cc(N)ccc3CCN2C(=O)CC(C)(C)C)c(C)c(C)c1O. The molecule has 1 aliphatic heterocycles. The second-order valence-electron chi connectivity index (χ2n) is 9.76. The number of nitrogens with zero attached hydrogens (tertiary/aromatic N) is 1. The molecule has 2 amide bonds. The number of aryl methyl sites for hydroxylation is 1. The molecule has 1 heterocycles. The summed E-state index contributed by atoms with van der Waals surface area (Å²) in [5, 5.41) is 13.2. The Balaban J connectivity index is 2.02. The molecule has 0 aliphatic carbocycles. The molecule has 1 unspecified atom stereocenters. The molecule has 0 saturated heterocycles. The van der Waals surface area contributed by atoms with Crippen molar-refractivity contribution in [3.63, 3.8) is 0 Å². The number of fused-ring (bicyclic) bond motifs is 1. The van der Waals surface area contributed by atoms with E-state index in [1.807, 2.05) is 46.8 Å². The van der Waals surface area contributed by atoms with Crippen LogP contribution in [0.3, 0.4) is 0 Å². The zero-order valence-electron chi connectivity index (χ0n) is 19.3. The first-order valence-corrected chi connectivity index (χ1v) is 10.7. The Bertz CT molecular complexity index is 1040. The average Bonchev–Trinajstić information content (AvgIpc) is 2.67. The van der Waals surface area contributed by atoms with Gasteiger partial charge in [-0.05, 0) is 78.6 Å². The third kappa shape index (κ3) is 4.68. The van der Waals surface area contributed by atoms with Crippen molar-refractivity contribution in [1.82, 2.24) is 4.90 Å². The number of nitrogens with two attached hydrogens (primary N) is 1. The van der Waals surface area contributed by atoms with Crippen LogP contribution < -0.4 is 11.1 Å². The molecular weight excluding hydrogens is 390 g/mol. The number of hydrogen-bond acceptors (Lipinski definition) is 4. The quantitative estimate of drug-likeness (QED) is 0.504. The monoisotopic (exact) mass is 423 g/mol. The van der Waals surface area contributed by atoms with E-state index in [9.17, 15) is 14.7 Å². The van der Waals surface area contributed by atoms with Gasteiger partial charge in [-0.15, -0.1) is 0 Å². The Kier molecular flexibility index (Phi) is 6.03. The average molecular weight is 424 g/mol. The summed E-state index contributed by atoms with van der Waals surface area (Å²) in [6.45, 7) is 12.0. The van der Waals surface area contributed by atoms with Crippen molar-refractivity contribution in [3.8, 4) is 5.75 Å². The van der Waals surface area contributed by atoms with Gasteiger partial charge < -0.3 is 21.1 Å². The number of phenols is 1. The fourth-order valence-electron chi connectivity index (χ4n) is 4.14. The van der Waals surface area contributed by atoms with Crippen LogP contribution in [0.15, 0.2) is 24.3 Å². The molecule has 0 radical (unpaired) electrons. The van der Waals surface area contributed by atoms with E-state index in [0.717, 1.165) is 22.3 Å². The minimum Gasteiger partial charge on any atom is -0.507 e. The first kappa shape index (κ1) is 22.7. The molecule has 1 aliphatic rings. The molecular formula is C25H33N3O3. The van der Waals surface area contributed by atoms with Gasteiger partial charge in [0.15, 0.2) is 0 Å². The smallest absolute Gasteiger partial charge is 0.251 e. The summed E-state index contributed by atoms with van der Waals surface area (Å²) < 4.78 is 0. The number of carbonyl (C=O) groups excluding carboxylic acids is 2. The fourth-order valence-corrected chi connectivity index (χ4v) is 4.14. The van der Waals surface area contributed by atoms with Gasteiger partial charge in [0.05, 0.1) is 0 Å². The van der Waals surface area contributed by atoms with E-state index in [0.29, 0.717) is 36.3 Å².